The van der Waals surface area contributed by atoms with Crippen LogP contribution in [0.15, 0.2) is 47.5 Å². The molecule has 6 heteroatoms. The summed E-state index contributed by atoms with van der Waals surface area (Å²) in [5.74, 6) is 2.59. The second-order valence-corrected chi connectivity index (χ2v) is 6.00. The molecule has 0 amide bonds. The van der Waals surface area contributed by atoms with E-state index in [1.54, 1.807) is 14.2 Å². The molecule has 0 aliphatic heterocycles. The van der Waals surface area contributed by atoms with Crippen molar-refractivity contribution in [1.29, 1.82) is 0 Å². The van der Waals surface area contributed by atoms with Gasteiger partial charge in [-0.25, -0.2) is 4.99 Å². The minimum Gasteiger partial charge on any atom is -0.496 e. The van der Waals surface area contributed by atoms with Crippen molar-refractivity contribution in [2.75, 3.05) is 27.3 Å². The van der Waals surface area contributed by atoms with Gasteiger partial charge in [0.15, 0.2) is 5.96 Å². The predicted octanol–water partition coefficient (Wildman–Crippen LogP) is 3.93. The molecule has 2 rings (SSSR count). The quantitative estimate of drug-likeness (QED) is 0.340. The average Bonchev–Trinajstić information content (AvgIpc) is 2.67. The minimum absolute atomic E-state index is 0. The number of nitrogens with zero attached hydrogens (tertiary/aromatic N) is 1. The van der Waals surface area contributed by atoms with Gasteiger partial charge < -0.3 is 20.1 Å². The van der Waals surface area contributed by atoms with E-state index in [-0.39, 0.29) is 24.0 Å². The number of aliphatic imine (C=N–C) groups is 1. The third kappa shape index (κ3) is 7.28. The number of aryl methyl sites for hydroxylation is 1. The Morgan fingerprint density at radius 3 is 2.41 bits per heavy atom. The molecule has 27 heavy (non-hydrogen) atoms. The Morgan fingerprint density at radius 2 is 1.70 bits per heavy atom. The van der Waals surface area contributed by atoms with Gasteiger partial charge in [-0.05, 0) is 43.5 Å². The SMILES string of the molecule is CCNC(=NCc1ccc(C)cc1OC)NCCc1ccccc1OC.I. The molecule has 0 saturated carbocycles. The lowest BCUT2D eigenvalue weighted by atomic mass is 10.1. The van der Waals surface area contributed by atoms with Gasteiger partial charge in [0.1, 0.15) is 11.5 Å². The highest BCUT2D eigenvalue weighted by atomic mass is 127. The smallest absolute Gasteiger partial charge is 0.191 e. The number of rotatable bonds is 8. The van der Waals surface area contributed by atoms with Gasteiger partial charge in [-0.1, -0.05) is 30.3 Å². The molecule has 2 aromatic rings. The molecule has 0 saturated heterocycles. The molecule has 148 valence electrons. The first-order chi connectivity index (χ1) is 12.7. The first kappa shape index (κ1) is 23.1. The number of hydrogen-bond acceptors (Lipinski definition) is 3. The third-order valence-corrected chi connectivity index (χ3v) is 4.07. The van der Waals surface area contributed by atoms with Gasteiger partial charge in [0, 0.05) is 18.7 Å². The van der Waals surface area contributed by atoms with Crippen LogP contribution in [0.4, 0.5) is 0 Å². The number of benzene rings is 2. The van der Waals surface area contributed by atoms with E-state index < -0.39 is 0 Å². The van der Waals surface area contributed by atoms with Gasteiger partial charge in [-0.15, -0.1) is 24.0 Å². The number of methoxy groups -OCH3 is 2. The van der Waals surface area contributed by atoms with Crippen LogP contribution in [-0.4, -0.2) is 33.3 Å². The summed E-state index contributed by atoms with van der Waals surface area (Å²) in [6.07, 6.45) is 0.863. The number of guanidine groups is 1. The first-order valence-corrected chi connectivity index (χ1v) is 8.95. The maximum atomic E-state index is 5.46. The maximum Gasteiger partial charge on any atom is 0.191 e. The fourth-order valence-corrected chi connectivity index (χ4v) is 2.71. The van der Waals surface area contributed by atoms with Crippen molar-refractivity contribution < 1.29 is 9.47 Å². The normalized spacial score (nSPS) is 10.7. The molecule has 0 aromatic heterocycles. The van der Waals surface area contributed by atoms with E-state index in [9.17, 15) is 0 Å². The lowest BCUT2D eigenvalue weighted by Gasteiger charge is -2.13. The molecule has 0 spiro atoms. The van der Waals surface area contributed by atoms with Crippen molar-refractivity contribution in [3.05, 3.63) is 59.2 Å². The summed E-state index contributed by atoms with van der Waals surface area (Å²) in [4.78, 5) is 4.68. The molecule has 0 atom stereocenters. The predicted molar refractivity (Wildman–Crippen MR) is 123 cm³/mol. The van der Waals surface area contributed by atoms with Crippen molar-refractivity contribution >= 4 is 29.9 Å². The van der Waals surface area contributed by atoms with Crippen molar-refractivity contribution in [2.24, 2.45) is 4.99 Å². The Hall–Kier alpha value is -1.96. The fraction of sp³-hybridized carbons (Fsp3) is 0.381. The summed E-state index contributed by atoms with van der Waals surface area (Å²) in [5.41, 5.74) is 3.43. The summed E-state index contributed by atoms with van der Waals surface area (Å²) in [6.45, 7) is 6.26. The molecule has 0 aliphatic rings. The van der Waals surface area contributed by atoms with E-state index in [0.29, 0.717) is 6.54 Å². The Balaban J connectivity index is 0.00000364. The molecule has 2 N–H and O–H groups in total. The Bertz CT molecular complexity index is 735. The second-order valence-electron chi connectivity index (χ2n) is 6.00. The molecule has 0 unspecified atom stereocenters. The third-order valence-electron chi connectivity index (χ3n) is 4.07. The van der Waals surface area contributed by atoms with Gasteiger partial charge in [-0.2, -0.15) is 0 Å². The van der Waals surface area contributed by atoms with E-state index in [4.69, 9.17) is 9.47 Å². The second kappa shape index (κ2) is 12.4. The van der Waals surface area contributed by atoms with Crippen LogP contribution in [-0.2, 0) is 13.0 Å². The number of hydrogen-bond donors (Lipinski definition) is 2. The van der Waals surface area contributed by atoms with Crippen LogP contribution in [0, 0.1) is 6.92 Å². The topological polar surface area (TPSA) is 54.9 Å². The number of nitrogens with one attached hydrogen (secondary N) is 2. The molecule has 2 aromatic carbocycles. The maximum absolute atomic E-state index is 5.46. The van der Waals surface area contributed by atoms with E-state index in [1.165, 1.54) is 11.1 Å². The summed E-state index contributed by atoms with van der Waals surface area (Å²) in [7, 11) is 3.39. The number of ether oxygens (including phenoxy) is 2. The van der Waals surface area contributed by atoms with E-state index in [1.807, 2.05) is 24.3 Å². The highest BCUT2D eigenvalue weighted by Crippen LogP contribution is 2.20. The van der Waals surface area contributed by atoms with Gasteiger partial charge in [0.2, 0.25) is 0 Å². The Morgan fingerprint density at radius 1 is 0.963 bits per heavy atom. The fourth-order valence-electron chi connectivity index (χ4n) is 2.71. The van der Waals surface area contributed by atoms with Crippen molar-refractivity contribution in [3.63, 3.8) is 0 Å². The zero-order chi connectivity index (χ0) is 18.8. The number of halogens is 1. The molecular formula is C21H30IN3O2. The van der Waals surface area contributed by atoms with Crippen LogP contribution in [0.25, 0.3) is 0 Å². The molecule has 0 fully saturated rings. The molecule has 0 heterocycles. The molecule has 0 aliphatic carbocycles. The van der Waals surface area contributed by atoms with Crippen LogP contribution in [0.1, 0.15) is 23.6 Å². The average molecular weight is 483 g/mol. The van der Waals surface area contributed by atoms with Crippen molar-refractivity contribution in [2.45, 2.75) is 26.8 Å². The van der Waals surface area contributed by atoms with Crippen molar-refractivity contribution in [3.8, 4) is 11.5 Å². The molecule has 5 nitrogen and oxygen atoms in total. The van der Waals surface area contributed by atoms with Crippen LogP contribution >= 0.6 is 24.0 Å². The van der Waals surface area contributed by atoms with Crippen molar-refractivity contribution in [1.82, 2.24) is 10.6 Å². The minimum atomic E-state index is 0. The van der Waals surface area contributed by atoms with E-state index >= 15 is 0 Å². The van der Waals surface area contributed by atoms with Crippen LogP contribution in [0.2, 0.25) is 0 Å². The molecular weight excluding hydrogens is 453 g/mol. The summed E-state index contributed by atoms with van der Waals surface area (Å²) in [5, 5.41) is 6.67. The van der Waals surface area contributed by atoms with Crippen LogP contribution in [0.5, 0.6) is 11.5 Å². The largest absolute Gasteiger partial charge is 0.496 e. The first-order valence-electron chi connectivity index (χ1n) is 8.95. The van der Waals surface area contributed by atoms with Gasteiger partial charge >= 0.3 is 0 Å². The van der Waals surface area contributed by atoms with Gasteiger partial charge in [0.25, 0.3) is 0 Å². The molecule has 0 bridgehead atoms. The number of para-hydroxylation sites is 1. The Labute approximate surface area is 179 Å². The monoisotopic (exact) mass is 483 g/mol. The lowest BCUT2D eigenvalue weighted by molar-refractivity contribution is 0.409. The highest BCUT2D eigenvalue weighted by molar-refractivity contribution is 14.0. The summed E-state index contributed by atoms with van der Waals surface area (Å²) >= 11 is 0. The van der Waals surface area contributed by atoms with E-state index in [0.717, 1.165) is 42.5 Å². The van der Waals surface area contributed by atoms with Crippen LogP contribution < -0.4 is 20.1 Å². The summed E-state index contributed by atoms with van der Waals surface area (Å²) in [6, 6.07) is 14.3. The van der Waals surface area contributed by atoms with Crippen LogP contribution in [0.3, 0.4) is 0 Å². The summed E-state index contributed by atoms with van der Waals surface area (Å²) < 4.78 is 10.9. The standard InChI is InChI=1S/C21H29N3O2.HI/c1-5-22-21(23-13-12-17-8-6-7-9-19(17)25-3)24-15-18-11-10-16(2)14-20(18)26-4;/h6-11,14H,5,12-13,15H2,1-4H3,(H2,22,23,24);1H. The zero-order valence-electron chi connectivity index (χ0n) is 16.5. The van der Waals surface area contributed by atoms with E-state index in [2.05, 4.69) is 47.7 Å². The lowest BCUT2D eigenvalue weighted by Crippen LogP contribution is -2.38. The Kier molecular flexibility index (Phi) is 10.6. The molecule has 0 radical (unpaired) electrons. The van der Waals surface area contributed by atoms with Gasteiger partial charge in [-0.3, -0.25) is 0 Å². The highest BCUT2D eigenvalue weighted by Gasteiger charge is 2.05. The van der Waals surface area contributed by atoms with Gasteiger partial charge in [0.05, 0.1) is 20.8 Å². The zero-order valence-corrected chi connectivity index (χ0v) is 18.9.